The Hall–Kier alpha value is -0.980. The molecule has 0 aromatic heterocycles. The average molecular weight is 274 g/mol. The number of hydrogen-bond donors (Lipinski definition) is 2. The second kappa shape index (κ2) is 6.82. The van der Waals surface area contributed by atoms with Crippen LogP contribution in [0, 0.1) is 12.7 Å². The maximum absolute atomic E-state index is 12.9. The zero-order chi connectivity index (χ0) is 13.6. The number of hydrogen-bond acceptors (Lipinski definition) is 3. The van der Waals surface area contributed by atoms with E-state index in [-0.39, 0.29) is 5.82 Å². The van der Waals surface area contributed by atoms with Crippen molar-refractivity contribution in [3.05, 3.63) is 35.1 Å². The minimum Gasteiger partial charge on any atom is -0.313 e. The fourth-order valence-corrected chi connectivity index (χ4v) is 2.07. The van der Waals surface area contributed by atoms with E-state index >= 15 is 0 Å². The zero-order valence-electron chi connectivity index (χ0n) is 10.7. The molecule has 0 spiro atoms. The van der Waals surface area contributed by atoms with Crippen LogP contribution in [-0.2, 0) is 16.6 Å². The van der Waals surface area contributed by atoms with Crippen LogP contribution in [0.4, 0.5) is 4.39 Å². The predicted molar refractivity (Wildman–Crippen MR) is 70.3 cm³/mol. The lowest BCUT2D eigenvalue weighted by atomic mass is 10.1. The number of benzene rings is 1. The van der Waals surface area contributed by atoms with Gasteiger partial charge in [0.25, 0.3) is 0 Å². The zero-order valence-corrected chi connectivity index (χ0v) is 11.5. The lowest BCUT2D eigenvalue weighted by Gasteiger charge is -2.08. The molecule has 0 radical (unpaired) electrons. The van der Waals surface area contributed by atoms with Gasteiger partial charge in [0.05, 0.1) is 6.26 Å². The van der Waals surface area contributed by atoms with E-state index in [1.54, 1.807) is 6.07 Å². The van der Waals surface area contributed by atoms with Gasteiger partial charge in [-0.25, -0.2) is 17.5 Å². The van der Waals surface area contributed by atoms with Gasteiger partial charge in [-0.15, -0.1) is 0 Å². The van der Waals surface area contributed by atoms with Gasteiger partial charge in [0.1, 0.15) is 5.82 Å². The van der Waals surface area contributed by atoms with Crippen LogP contribution in [0.25, 0.3) is 0 Å². The van der Waals surface area contributed by atoms with E-state index in [1.807, 2.05) is 6.92 Å². The first-order chi connectivity index (χ1) is 8.38. The third kappa shape index (κ3) is 6.09. The van der Waals surface area contributed by atoms with Crippen LogP contribution in [-0.4, -0.2) is 27.8 Å². The third-order valence-corrected chi connectivity index (χ3v) is 3.24. The van der Waals surface area contributed by atoms with Crippen LogP contribution in [0.15, 0.2) is 18.2 Å². The van der Waals surface area contributed by atoms with Crippen molar-refractivity contribution in [1.29, 1.82) is 0 Å². The van der Waals surface area contributed by atoms with Crippen molar-refractivity contribution in [1.82, 2.24) is 10.0 Å². The van der Waals surface area contributed by atoms with Gasteiger partial charge in [0.15, 0.2) is 0 Å². The van der Waals surface area contributed by atoms with Crippen molar-refractivity contribution in [3.8, 4) is 0 Å². The molecule has 0 aliphatic carbocycles. The van der Waals surface area contributed by atoms with Gasteiger partial charge < -0.3 is 5.32 Å². The van der Waals surface area contributed by atoms with Crippen LogP contribution in [0.3, 0.4) is 0 Å². The Morgan fingerprint density at radius 1 is 1.28 bits per heavy atom. The maximum Gasteiger partial charge on any atom is 0.208 e. The lowest BCUT2D eigenvalue weighted by molar-refractivity contribution is 0.579. The van der Waals surface area contributed by atoms with E-state index in [0.29, 0.717) is 26.1 Å². The van der Waals surface area contributed by atoms with Gasteiger partial charge in [-0.05, 0) is 43.1 Å². The summed E-state index contributed by atoms with van der Waals surface area (Å²) in [5, 5.41) is 3.19. The Kier molecular flexibility index (Phi) is 5.71. The van der Waals surface area contributed by atoms with E-state index in [0.717, 1.165) is 17.4 Å². The van der Waals surface area contributed by atoms with Crippen LogP contribution in [0.2, 0.25) is 0 Å². The third-order valence-electron chi connectivity index (χ3n) is 2.51. The average Bonchev–Trinajstić information content (AvgIpc) is 2.24. The Balaban J connectivity index is 2.22. The molecule has 0 unspecified atom stereocenters. The van der Waals surface area contributed by atoms with Crippen molar-refractivity contribution in [2.24, 2.45) is 0 Å². The predicted octanol–water partition coefficient (Wildman–Crippen LogP) is 1.16. The van der Waals surface area contributed by atoms with Gasteiger partial charge in [-0.3, -0.25) is 0 Å². The molecule has 18 heavy (non-hydrogen) atoms. The van der Waals surface area contributed by atoms with Crippen molar-refractivity contribution >= 4 is 10.0 Å². The molecule has 0 bridgehead atoms. The lowest BCUT2D eigenvalue weighted by Crippen LogP contribution is -2.26. The fourth-order valence-electron chi connectivity index (χ4n) is 1.55. The summed E-state index contributed by atoms with van der Waals surface area (Å²) in [4.78, 5) is 0. The van der Waals surface area contributed by atoms with Gasteiger partial charge in [0, 0.05) is 13.1 Å². The standard InChI is InChI=1S/C12H19FN2O2S/c1-10-8-12(13)5-4-11(10)9-14-6-3-7-15-18(2,16)17/h4-5,8,14-15H,3,6-7,9H2,1-2H3. The minimum atomic E-state index is -3.09. The molecule has 0 aliphatic rings. The van der Waals surface area contributed by atoms with E-state index in [1.165, 1.54) is 12.1 Å². The molecule has 0 saturated heterocycles. The molecule has 102 valence electrons. The van der Waals surface area contributed by atoms with E-state index < -0.39 is 10.0 Å². The second-order valence-corrected chi connectivity index (χ2v) is 6.10. The number of sulfonamides is 1. The summed E-state index contributed by atoms with van der Waals surface area (Å²) < 4.78 is 36.9. The molecular formula is C12H19FN2O2S. The molecule has 2 N–H and O–H groups in total. The highest BCUT2D eigenvalue weighted by Crippen LogP contribution is 2.09. The highest BCUT2D eigenvalue weighted by Gasteiger charge is 2.00. The molecular weight excluding hydrogens is 255 g/mol. The Morgan fingerprint density at radius 3 is 2.61 bits per heavy atom. The molecule has 0 heterocycles. The van der Waals surface area contributed by atoms with Crippen LogP contribution in [0.5, 0.6) is 0 Å². The molecule has 0 aliphatic heterocycles. The van der Waals surface area contributed by atoms with Crippen molar-refractivity contribution in [3.63, 3.8) is 0 Å². The molecule has 0 atom stereocenters. The first-order valence-corrected chi connectivity index (χ1v) is 7.68. The Morgan fingerprint density at radius 2 is 2.00 bits per heavy atom. The first-order valence-electron chi connectivity index (χ1n) is 5.79. The highest BCUT2D eigenvalue weighted by molar-refractivity contribution is 7.88. The summed E-state index contributed by atoms with van der Waals surface area (Å²) in [5.74, 6) is -0.228. The van der Waals surface area contributed by atoms with Crippen LogP contribution >= 0.6 is 0 Å². The number of nitrogens with one attached hydrogen (secondary N) is 2. The van der Waals surface area contributed by atoms with Crippen molar-refractivity contribution < 1.29 is 12.8 Å². The quantitative estimate of drug-likeness (QED) is 0.734. The van der Waals surface area contributed by atoms with Gasteiger partial charge in [-0.1, -0.05) is 6.07 Å². The SMILES string of the molecule is Cc1cc(F)ccc1CNCCCNS(C)(=O)=O. The topological polar surface area (TPSA) is 58.2 Å². The van der Waals surface area contributed by atoms with Gasteiger partial charge in [0.2, 0.25) is 10.0 Å². The molecule has 0 fully saturated rings. The second-order valence-electron chi connectivity index (χ2n) is 4.27. The first kappa shape index (κ1) is 15.1. The van der Waals surface area contributed by atoms with Gasteiger partial charge >= 0.3 is 0 Å². The van der Waals surface area contributed by atoms with E-state index in [9.17, 15) is 12.8 Å². The Bertz CT molecular complexity index is 489. The number of halogens is 1. The monoisotopic (exact) mass is 274 g/mol. The summed E-state index contributed by atoms with van der Waals surface area (Å²) >= 11 is 0. The summed E-state index contributed by atoms with van der Waals surface area (Å²) in [6, 6.07) is 4.70. The highest BCUT2D eigenvalue weighted by atomic mass is 32.2. The molecule has 1 aromatic rings. The maximum atomic E-state index is 12.9. The smallest absolute Gasteiger partial charge is 0.208 e. The van der Waals surface area contributed by atoms with Crippen molar-refractivity contribution in [2.45, 2.75) is 19.9 Å². The summed E-state index contributed by atoms with van der Waals surface area (Å²) in [6.45, 7) is 3.66. The summed E-state index contributed by atoms with van der Waals surface area (Å²) in [5.41, 5.74) is 1.96. The van der Waals surface area contributed by atoms with Crippen molar-refractivity contribution in [2.75, 3.05) is 19.3 Å². The van der Waals surface area contributed by atoms with Crippen LogP contribution < -0.4 is 10.0 Å². The number of aryl methyl sites for hydroxylation is 1. The Labute approximate surface area is 108 Å². The van der Waals surface area contributed by atoms with E-state index in [4.69, 9.17) is 0 Å². The van der Waals surface area contributed by atoms with E-state index in [2.05, 4.69) is 10.0 Å². The molecule has 0 saturated carbocycles. The summed E-state index contributed by atoms with van der Waals surface area (Å²) in [6.07, 6.45) is 1.86. The molecule has 0 amide bonds. The van der Waals surface area contributed by atoms with Crippen LogP contribution in [0.1, 0.15) is 17.5 Å². The summed E-state index contributed by atoms with van der Waals surface area (Å²) in [7, 11) is -3.09. The minimum absolute atomic E-state index is 0.228. The fraction of sp³-hybridized carbons (Fsp3) is 0.500. The number of rotatable bonds is 7. The normalized spacial score (nSPS) is 11.7. The largest absolute Gasteiger partial charge is 0.313 e. The molecule has 1 rings (SSSR count). The molecule has 6 heteroatoms. The molecule has 4 nitrogen and oxygen atoms in total. The molecule has 1 aromatic carbocycles. The van der Waals surface area contributed by atoms with Gasteiger partial charge in [-0.2, -0.15) is 0 Å².